The number of rotatable bonds is 5. The third kappa shape index (κ3) is 4.27. The van der Waals surface area contributed by atoms with E-state index < -0.39 is 0 Å². The highest BCUT2D eigenvalue weighted by Crippen LogP contribution is 2.28. The number of carbonyl (C=O) groups excluding carboxylic acids is 1. The number of carbonyl (C=O) groups is 1. The standard InChI is InChI=1S/C19H33N5O2/c1-13-9-24(10-14(2)26-13)19(3,4)12-21-18(25)17-8-20-7-16(17)15-6-22-23(5)11-15/h6,11,13-14,16-17,20H,7-10,12H2,1-5H3,(H,21,25)/t13?,14?,16-,17+/m1/s1. The lowest BCUT2D eigenvalue weighted by atomic mass is 9.90. The van der Waals surface area contributed by atoms with Gasteiger partial charge in [-0.3, -0.25) is 14.4 Å². The van der Waals surface area contributed by atoms with E-state index in [9.17, 15) is 4.79 Å². The second kappa shape index (κ2) is 7.66. The van der Waals surface area contributed by atoms with Gasteiger partial charge >= 0.3 is 0 Å². The van der Waals surface area contributed by atoms with Gasteiger partial charge in [0.1, 0.15) is 0 Å². The maximum atomic E-state index is 12.9. The van der Waals surface area contributed by atoms with Crippen LogP contribution in [0.4, 0.5) is 0 Å². The topological polar surface area (TPSA) is 71.4 Å². The predicted octanol–water partition coefficient (Wildman–Crippen LogP) is 0.727. The minimum absolute atomic E-state index is 0.0439. The van der Waals surface area contributed by atoms with E-state index in [0.29, 0.717) is 6.54 Å². The smallest absolute Gasteiger partial charge is 0.225 e. The average Bonchev–Trinajstić information content (AvgIpc) is 3.20. The number of hydrogen-bond donors (Lipinski definition) is 2. The minimum atomic E-state index is -0.0994. The number of aryl methyl sites for hydroxylation is 1. The molecule has 2 saturated heterocycles. The van der Waals surface area contributed by atoms with E-state index in [1.807, 2.05) is 19.4 Å². The Bertz CT molecular complexity index is 619. The van der Waals surface area contributed by atoms with Crippen LogP contribution >= 0.6 is 0 Å². The Morgan fingerprint density at radius 2 is 2.04 bits per heavy atom. The maximum Gasteiger partial charge on any atom is 0.225 e. The Morgan fingerprint density at radius 3 is 2.65 bits per heavy atom. The van der Waals surface area contributed by atoms with Crippen LogP contribution in [0.2, 0.25) is 0 Å². The van der Waals surface area contributed by atoms with Gasteiger partial charge in [0.15, 0.2) is 0 Å². The fourth-order valence-electron chi connectivity index (χ4n) is 4.15. The molecule has 7 heteroatoms. The summed E-state index contributed by atoms with van der Waals surface area (Å²) in [5.74, 6) is 0.277. The highest BCUT2D eigenvalue weighted by atomic mass is 16.5. The molecule has 0 spiro atoms. The highest BCUT2D eigenvalue weighted by molar-refractivity contribution is 5.80. The quantitative estimate of drug-likeness (QED) is 0.807. The predicted molar refractivity (Wildman–Crippen MR) is 101 cm³/mol. The molecular formula is C19H33N5O2. The molecule has 0 aliphatic carbocycles. The monoisotopic (exact) mass is 363 g/mol. The second-order valence-corrected chi connectivity index (χ2v) is 8.51. The summed E-state index contributed by atoms with van der Waals surface area (Å²) >= 11 is 0. The Balaban J connectivity index is 1.58. The van der Waals surface area contributed by atoms with Crippen molar-refractivity contribution < 1.29 is 9.53 Å². The van der Waals surface area contributed by atoms with Crippen LogP contribution in [0.5, 0.6) is 0 Å². The second-order valence-electron chi connectivity index (χ2n) is 8.51. The molecule has 0 bridgehead atoms. The van der Waals surface area contributed by atoms with E-state index in [2.05, 4.69) is 48.3 Å². The van der Waals surface area contributed by atoms with Crippen molar-refractivity contribution in [3.63, 3.8) is 0 Å². The van der Waals surface area contributed by atoms with Crippen LogP contribution in [0.25, 0.3) is 0 Å². The van der Waals surface area contributed by atoms with Crippen LogP contribution in [0.3, 0.4) is 0 Å². The number of hydrogen-bond acceptors (Lipinski definition) is 5. The molecule has 3 heterocycles. The third-order valence-corrected chi connectivity index (χ3v) is 5.67. The average molecular weight is 364 g/mol. The zero-order valence-corrected chi connectivity index (χ0v) is 16.7. The number of morpholine rings is 1. The van der Waals surface area contributed by atoms with Crippen molar-refractivity contribution in [2.75, 3.05) is 32.7 Å². The third-order valence-electron chi connectivity index (χ3n) is 5.67. The van der Waals surface area contributed by atoms with Crippen molar-refractivity contribution in [3.05, 3.63) is 18.0 Å². The van der Waals surface area contributed by atoms with Crippen LogP contribution in [0, 0.1) is 5.92 Å². The van der Waals surface area contributed by atoms with Crippen molar-refractivity contribution >= 4 is 5.91 Å². The van der Waals surface area contributed by atoms with E-state index in [0.717, 1.165) is 31.7 Å². The van der Waals surface area contributed by atoms with E-state index in [4.69, 9.17) is 4.74 Å². The lowest BCUT2D eigenvalue weighted by Crippen LogP contribution is -2.59. The molecule has 146 valence electrons. The van der Waals surface area contributed by atoms with Crippen molar-refractivity contribution in [1.29, 1.82) is 0 Å². The van der Waals surface area contributed by atoms with Gasteiger partial charge in [0.2, 0.25) is 5.91 Å². The van der Waals surface area contributed by atoms with E-state index in [-0.39, 0.29) is 35.5 Å². The Kier molecular flexibility index (Phi) is 5.69. The van der Waals surface area contributed by atoms with Crippen LogP contribution in [0.15, 0.2) is 12.4 Å². The molecule has 0 radical (unpaired) electrons. The number of nitrogens with zero attached hydrogens (tertiary/aromatic N) is 3. The summed E-state index contributed by atoms with van der Waals surface area (Å²) in [6.07, 6.45) is 4.34. The molecule has 7 nitrogen and oxygen atoms in total. The van der Waals surface area contributed by atoms with Crippen LogP contribution in [-0.2, 0) is 16.6 Å². The van der Waals surface area contributed by atoms with E-state index in [1.165, 1.54) is 0 Å². The van der Waals surface area contributed by atoms with Gasteiger partial charge < -0.3 is 15.4 Å². The first-order valence-electron chi connectivity index (χ1n) is 9.64. The van der Waals surface area contributed by atoms with Crippen molar-refractivity contribution in [1.82, 2.24) is 25.3 Å². The maximum absolute atomic E-state index is 12.9. The summed E-state index contributed by atoms with van der Waals surface area (Å²) in [7, 11) is 1.91. The molecule has 2 fully saturated rings. The molecule has 0 aromatic carbocycles. The Morgan fingerprint density at radius 1 is 1.35 bits per heavy atom. The lowest BCUT2D eigenvalue weighted by Gasteiger charge is -2.45. The first-order valence-corrected chi connectivity index (χ1v) is 9.64. The summed E-state index contributed by atoms with van der Waals surface area (Å²) in [6, 6.07) is 0. The number of ether oxygens (including phenoxy) is 1. The molecule has 1 aromatic heterocycles. The largest absolute Gasteiger partial charge is 0.373 e. The molecule has 2 aliphatic heterocycles. The van der Waals surface area contributed by atoms with Crippen LogP contribution in [-0.4, -0.2) is 71.1 Å². The summed E-state index contributed by atoms with van der Waals surface area (Å²) < 4.78 is 7.64. The lowest BCUT2D eigenvalue weighted by molar-refractivity contribution is -0.126. The number of aromatic nitrogens is 2. The fraction of sp³-hybridized carbons (Fsp3) is 0.789. The van der Waals surface area contributed by atoms with Crippen LogP contribution < -0.4 is 10.6 Å². The molecule has 0 saturated carbocycles. The molecule has 2 unspecified atom stereocenters. The van der Waals surface area contributed by atoms with Crippen LogP contribution in [0.1, 0.15) is 39.2 Å². The first kappa shape index (κ1) is 19.3. The van der Waals surface area contributed by atoms with Gasteiger partial charge in [0.05, 0.1) is 24.3 Å². The van der Waals surface area contributed by atoms with Gasteiger partial charge in [0, 0.05) is 57.4 Å². The molecule has 1 aromatic rings. The minimum Gasteiger partial charge on any atom is -0.373 e. The summed E-state index contributed by atoms with van der Waals surface area (Å²) in [6.45, 7) is 12.6. The van der Waals surface area contributed by atoms with Gasteiger partial charge in [-0.2, -0.15) is 5.10 Å². The first-order chi connectivity index (χ1) is 12.3. The van der Waals surface area contributed by atoms with Gasteiger partial charge in [-0.05, 0) is 33.3 Å². The van der Waals surface area contributed by atoms with Crippen molar-refractivity contribution in [2.45, 2.75) is 51.4 Å². The SMILES string of the molecule is CC1CN(C(C)(C)CNC(=O)[C@H]2CNC[C@@H]2c2cnn(C)c2)CC(C)O1. The summed E-state index contributed by atoms with van der Waals surface area (Å²) in [5, 5.41) is 10.8. The van der Waals surface area contributed by atoms with Gasteiger partial charge in [0.25, 0.3) is 0 Å². The van der Waals surface area contributed by atoms with Gasteiger partial charge in [-0.25, -0.2) is 0 Å². The summed E-state index contributed by atoms with van der Waals surface area (Å²) in [4.78, 5) is 15.3. The number of amides is 1. The van der Waals surface area contributed by atoms with E-state index >= 15 is 0 Å². The van der Waals surface area contributed by atoms with Crippen molar-refractivity contribution in [2.24, 2.45) is 13.0 Å². The highest BCUT2D eigenvalue weighted by Gasteiger charge is 2.37. The van der Waals surface area contributed by atoms with Crippen molar-refractivity contribution in [3.8, 4) is 0 Å². The van der Waals surface area contributed by atoms with E-state index in [1.54, 1.807) is 4.68 Å². The fourth-order valence-corrected chi connectivity index (χ4v) is 4.15. The Hall–Kier alpha value is -1.44. The molecular weight excluding hydrogens is 330 g/mol. The van der Waals surface area contributed by atoms with Gasteiger partial charge in [-0.15, -0.1) is 0 Å². The molecule has 2 N–H and O–H groups in total. The molecule has 26 heavy (non-hydrogen) atoms. The Labute approximate surface area is 156 Å². The molecule has 4 atom stereocenters. The zero-order valence-electron chi connectivity index (χ0n) is 16.7. The molecule has 2 aliphatic rings. The zero-order chi connectivity index (χ0) is 18.9. The molecule has 1 amide bonds. The molecule has 3 rings (SSSR count). The normalized spacial score (nSPS) is 30.5. The van der Waals surface area contributed by atoms with Gasteiger partial charge in [-0.1, -0.05) is 0 Å². The summed E-state index contributed by atoms with van der Waals surface area (Å²) in [5.41, 5.74) is 1.03. The number of nitrogens with one attached hydrogen (secondary N) is 2.